The van der Waals surface area contributed by atoms with Gasteiger partial charge in [0.25, 0.3) is 0 Å². The van der Waals surface area contributed by atoms with E-state index in [2.05, 4.69) is 60.5 Å². The predicted molar refractivity (Wildman–Crippen MR) is 94.0 cm³/mol. The fourth-order valence-corrected chi connectivity index (χ4v) is 4.61. The third kappa shape index (κ3) is 2.28. The van der Waals surface area contributed by atoms with Gasteiger partial charge in [0.2, 0.25) is 0 Å². The molecule has 2 aromatic rings. The second-order valence-electron chi connectivity index (χ2n) is 7.07. The first-order valence-electron chi connectivity index (χ1n) is 8.67. The van der Waals surface area contributed by atoms with Crippen molar-refractivity contribution in [3.63, 3.8) is 0 Å². The highest BCUT2D eigenvalue weighted by Gasteiger charge is 2.49. The largest absolute Gasteiger partial charge is 0.497 e. The molecule has 120 valence electrons. The Morgan fingerprint density at radius 3 is 2.43 bits per heavy atom. The fourth-order valence-electron chi connectivity index (χ4n) is 4.61. The first kappa shape index (κ1) is 14.8. The minimum absolute atomic E-state index is 0.261. The molecule has 1 fully saturated rings. The summed E-state index contributed by atoms with van der Waals surface area (Å²) in [6.45, 7) is 1.15. The SMILES string of the molecule is COc1ccc(C2(C3c4ccccc4CCN3C)CCC2)cc1. The number of nitrogens with zero attached hydrogens (tertiary/aromatic N) is 1. The van der Waals surface area contributed by atoms with E-state index in [1.165, 1.54) is 42.4 Å². The summed E-state index contributed by atoms with van der Waals surface area (Å²) in [7, 11) is 4.03. The molecule has 1 unspecified atom stereocenters. The molecule has 2 nitrogen and oxygen atoms in total. The van der Waals surface area contributed by atoms with E-state index in [1.807, 2.05) is 0 Å². The van der Waals surface area contributed by atoms with Gasteiger partial charge in [0.1, 0.15) is 5.75 Å². The van der Waals surface area contributed by atoms with Crippen LogP contribution in [0.1, 0.15) is 42.0 Å². The molecule has 0 radical (unpaired) electrons. The van der Waals surface area contributed by atoms with Gasteiger partial charge in [0.05, 0.1) is 7.11 Å². The number of benzene rings is 2. The highest BCUT2D eigenvalue weighted by molar-refractivity contribution is 5.42. The van der Waals surface area contributed by atoms with Gasteiger partial charge in [-0.1, -0.05) is 42.8 Å². The summed E-state index contributed by atoms with van der Waals surface area (Å²) in [5, 5.41) is 0. The van der Waals surface area contributed by atoms with E-state index < -0.39 is 0 Å². The third-order valence-electron chi connectivity index (χ3n) is 5.96. The van der Waals surface area contributed by atoms with Crippen LogP contribution in [0.15, 0.2) is 48.5 Å². The Labute approximate surface area is 139 Å². The molecule has 0 saturated heterocycles. The molecule has 1 heterocycles. The highest BCUT2D eigenvalue weighted by atomic mass is 16.5. The predicted octanol–water partition coefficient (Wildman–Crippen LogP) is 4.35. The van der Waals surface area contributed by atoms with Crippen LogP contribution in [-0.2, 0) is 11.8 Å². The molecular weight excluding hydrogens is 282 g/mol. The van der Waals surface area contributed by atoms with Crippen molar-refractivity contribution in [3.8, 4) is 5.75 Å². The minimum Gasteiger partial charge on any atom is -0.497 e. The summed E-state index contributed by atoms with van der Waals surface area (Å²) in [5.74, 6) is 0.945. The van der Waals surface area contributed by atoms with Gasteiger partial charge in [-0.05, 0) is 55.1 Å². The molecule has 23 heavy (non-hydrogen) atoms. The van der Waals surface area contributed by atoms with E-state index in [1.54, 1.807) is 7.11 Å². The first-order valence-corrected chi connectivity index (χ1v) is 8.67. The van der Waals surface area contributed by atoms with Crippen LogP contribution in [-0.4, -0.2) is 25.6 Å². The maximum Gasteiger partial charge on any atom is 0.118 e. The van der Waals surface area contributed by atoms with Gasteiger partial charge in [0, 0.05) is 18.0 Å². The minimum atomic E-state index is 0.261. The fraction of sp³-hybridized carbons (Fsp3) is 0.429. The van der Waals surface area contributed by atoms with E-state index >= 15 is 0 Å². The summed E-state index contributed by atoms with van der Waals surface area (Å²) in [6, 6.07) is 18.3. The molecule has 1 aliphatic carbocycles. The molecule has 1 aliphatic heterocycles. The normalized spacial score (nSPS) is 23.0. The van der Waals surface area contributed by atoms with E-state index in [9.17, 15) is 0 Å². The van der Waals surface area contributed by atoms with Crippen molar-refractivity contribution in [2.45, 2.75) is 37.1 Å². The van der Waals surface area contributed by atoms with Gasteiger partial charge >= 0.3 is 0 Å². The quantitative estimate of drug-likeness (QED) is 0.836. The molecule has 0 bridgehead atoms. The lowest BCUT2D eigenvalue weighted by atomic mass is 9.57. The maximum absolute atomic E-state index is 5.35. The zero-order valence-corrected chi connectivity index (χ0v) is 14.1. The van der Waals surface area contributed by atoms with Crippen molar-refractivity contribution in [3.05, 3.63) is 65.2 Å². The van der Waals surface area contributed by atoms with Crippen molar-refractivity contribution in [2.24, 2.45) is 0 Å². The second-order valence-corrected chi connectivity index (χ2v) is 7.07. The van der Waals surface area contributed by atoms with Crippen LogP contribution in [0.4, 0.5) is 0 Å². The van der Waals surface area contributed by atoms with Crippen LogP contribution in [0.5, 0.6) is 5.75 Å². The number of ether oxygens (including phenoxy) is 1. The number of hydrogen-bond donors (Lipinski definition) is 0. The molecular formula is C21H25NO. The lowest BCUT2D eigenvalue weighted by Gasteiger charge is -2.53. The lowest BCUT2D eigenvalue weighted by molar-refractivity contribution is 0.0717. The van der Waals surface area contributed by atoms with Crippen molar-refractivity contribution < 1.29 is 4.74 Å². The Bertz CT molecular complexity index is 687. The highest BCUT2D eigenvalue weighted by Crippen LogP contribution is 2.55. The Morgan fingerprint density at radius 1 is 1.04 bits per heavy atom. The van der Waals surface area contributed by atoms with E-state index in [-0.39, 0.29) is 5.41 Å². The van der Waals surface area contributed by atoms with Gasteiger partial charge in [-0.15, -0.1) is 0 Å². The molecule has 0 aromatic heterocycles. The van der Waals surface area contributed by atoms with Crippen molar-refractivity contribution >= 4 is 0 Å². The smallest absolute Gasteiger partial charge is 0.118 e. The average Bonchev–Trinajstić information content (AvgIpc) is 2.56. The molecule has 2 aliphatic rings. The van der Waals surface area contributed by atoms with Crippen molar-refractivity contribution in [1.82, 2.24) is 4.90 Å². The molecule has 0 amide bonds. The Hall–Kier alpha value is -1.80. The van der Waals surface area contributed by atoms with Gasteiger partial charge in [-0.25, -0.2) is 0 Å². The molecule has 1 saturated carbocycles. The summed E-state index contributed by atoms with van der Waals surface area (Å²) >= 11 is 0. The molecule has 0 N–H and O–H groups in total. The Balaban J connectivity index is 1.79. The number of likely N-dealkylation sites (N-methyl/N-ethyl adjacent to an activating group) is 1. The molecule has 1 atom stereocenters. The van der Waals surface area contributed by atoms with Crippen molar-refractivity contribution in [2.75, 3.05) is 20.7 Å². The Morgan fingerprint density at radius 2 is 1.78 bits per heavy atom. The molecule has 2 heteroatoms. The van der Waals surface area contributed by atoms with E-state index in [4.69, 9.17) is 4.74 Å². The lowest BCUT2D eigenvalue weighted by Crippen LogP contribution is -2.49. The molecule has 2 aromatic carbocycles. The summed E-state index contributed by atoms with van der Waals surface area (Å²) in [4.78, 5) is 2.58. The van der Waals surface area contributed by atoms with Crippen LogP contribution in [0, 0.1) is 0 Å². The van der Waals surface area contributed by atoms with Crippen LogP contribution < -0.4 is 4.74 Å². The zero-order chi connectivity index (χ0) is 15.9. The zero-order valence-electron chi connectivity index (χ0n) is 14.1. The monoisotopic (exact) mass is 307 g/mol. The summed E-state index contributed by atoms with van der Waals surface area (Å²) < 4.78 is 5.35. The van der Waals surface area contributed by atoms with Gasteiger partial charge in [-0.2, -0.15) is 0 Å². The maximum atomic E-state index is 5.35. The number of hydrogen-bond acceptors (Lipinski definition) is 2. The number of methoxy groups -OCH3 is 1. The topological polar surface area (TPSA) is 12.5 Å². The molecule has 0 spiro atoms. The average molecular weight is 307 g/mol. The first-order chi connectivity index (χ1) is 11.2. The van der Waals surface area contributed by atoms with E-state index in [0.29, 0.717) is 6.04 Å². The van der Waals surface area contributed by atoms with E-state index in [0.717, 1.165) is 12.3 Å². The Kier molecular flexibility index (Phi) is 3.65. The van der Waals surface area contributed by atoms with Gasteiger partial charge < -0.3 is 4.74 Å². The third-order valence-corrected chi connectivity index (χ3v) is 5.96. The van der Waals surface area contributed by atoms with Crippen molar-refractivity contribution in [1.29, 1.82) is 0 Å². The van der Waals surface area contributed by atoms with Crippen LogP contribution in [0.3, 0.4) is 0 Å². The summed E-state index contributed by atoms with van der Waals surface area (Å²) in [6.07, 6.45) is 5.06. The number of fused-ring (bicyclic) bond motifs is 1. The molecule has 4 rings (SSSR count). The summed E-state index contributed by atoms with van der Waals surface area (Å²) in [5.41, 5.74) is 4.81. The van der Waals surface area contributed by atoms with Crippen LogP contribution in [0.2, 0.25) is 0 Å². The van der Waals surface area contributed by atoms with Gasteiger partial charge in [0.15, 0.2) is 0 Å². The van der Waals surface area contributed by atoms with Crippen LogP contribution in [0.25, 0.3) is 0 Å². The number of rotatable bonds is 3. The van der Waals surface area contributed by atoms with Crippen LogP contribution >= 0.6 is 0 Å². The van der Waals surface area contributed by atoms with Gasteiger partial charge in [-0.3, -0.25) is 4.90 Å². The second kappa shape index (κ2) is 5.68. The standard InChI is InChI=1S/C21H25NO/c1-22-15-12-16-6-3-4-7-19(16)20(22)21(13-5-14-21)17-8-10-18(23-2)11-9-17/h3-4,6-11,20H,5,12-15H2,1-2H3.